The molecule has 1 saturated heterocycles. The Kier molecular flexibility index (Phi) is 4.91. The molecule has 0 bridgehead atoms. The van der Waals surface area contributed by atoms with Crippen LogP contribution in [0.15, 0.2) is 23.3 Å². The Balaban J connectivity index is 2.20. The third-order valence-electron chi connectivity index (χ3n) is 3.89. The van der Waals surface area contributed by atoms with E-state index in [1.807, 2.05) is 0 Å². The van der Waals surface area contributed by atoms with Gasteiger partial charge in [-0.2, -0.15) is 0 Å². The van der Waals surface area contributed by atoms with Crippen LogP contribution in [0.1, 0.15) is 32.1 Å². The number of hydrogen-bond acceptors (Lipinski definition) is 3. The number of carbonyl (C=O) groups excluding carboxylic acids is 1. The summed E-state index contributed by atoms with van der Waals surface area (Å²) < 4.78 is 23.2. The summed E-state index contributed by atoms with van der Waals surface area (Å²) >= 11 is 6.17. The summed E-state index contributed by atoms with van der Waals surface area (Å²) in [5.74, 6) is 0.0970. The number of rotatable bonds is 4. The van der Waals surface area contributed by atoms with Gasteiger partial charge in [-0.15, -0.1) is 6.58 Å². The average molecular weight is 318 g/mol. The molecule has 1 fully saturated rings. The Bertz CT molecular complexity index is 539. The fraction of sp³-hybridized carbons (Fsp3) is 0.643. The lowest BCUT2D eigenvalue weighted by Gasteiger charge is -2.29. The second-order valence-electron chi connectivity index (χ2n) is 5.39. The number of halogens is 1. The standard InChI is InChI=1S/C14H20ClNO3S/c1-2-8-16(11-7-9-20(18,19)10-11)14(17)12-5-3-4-6-13(12)15/h2,11H,1,3-10H2/t11-/m0/s1. The molecule has 1 heterocycles. The normalized spacial score (nSPS) is 25.6. The molecule has 0 aromatic rings. The van der Waals surface area contributed by atoms with Crippen molar-refractivity contribution in [3.63, 3.8) is 0 Å². The molecule has 0 aromatic carbocycles. The summed E-state index contributed by atoms with van der Waals surface area (Å²) in [6.07, 6.45) is 5.54. The highest BCUT2D eigenvalue weighted by Crippen LogP contribution is 2.30. The maximum Gasteiger partial charge on any atom is 0.251 e. The summed E-state index contributed by atoms with van der Waals surface area (Å²) in [7, 11) is -3.01. The Morgan fingerprint density at radius 2 is 2.10 bits per heavy atom. The maximum atomic E-state index is 12.6. The van der Waals surface area contributed by atoms with Crippen molar-refractivity contribution in [2.75, 3.05) is 18.1 Å². The van der Waals surface area contributed by atoms with Gasteiger partial charge in [-0.1, -0.05) is 17.7 Å². The van der Waals surface area contributed by atoms with E-state index in [0.717, 1.165) is 19.3 Å². The van der Waals surface area contributed by atoms with E-state index in [0.29, 0.717) is 30.0 Å². The van der Waals surface area contributed by atoms with Crippen molar-refractivity contribution < 1.29 is 13.2 Å². The molecule has 0 saturated carbocycles. The van der Waals surface area contributed by atoms with Crippen molar-refractivity contribution in [2.24, 2.45) is 0 Å². The molecule has 0 radical (unpaired) electrons. The van der Waals surface area contributed by atoms with Gasteiger partial charge in [-0.3, -0.25) is 4.79 Å². The molecule has 1 aliphatic carbocycles. The van der Waals surface area contributed by atoms with E-state index < -0.39 is 9.84 Å². The molecule has 112 valence electrons. The van der Waals surface area contributed by atoms with Gasteiger partial charge in [0, 0.05) is 23.2 Å². The lowest BCUT2D eigenvalue weighted by molar-refractivity contribution is -0.128. The van der Waals surface area contributed by atoms with Gasteiger partial charge in [-0.05, 0) is 32.1 Å². The molecular formula is C14H20ClNO3S. The molecule has 1 atom stereocenters. The fourth-order valence-corrected chi connectivity index (χ4v) is 4.86. The van der Waals surface area contributed by atoms with Gasteiger partial charge in [0.1, 0.15) is 0 Å². The van der Waals surface area contributed by atoms with Crippen LogP contribution in [0, 0.1) is 0 Å². The van der Waals surface area contributed by atoms with Gasteiger partial charge in [0.05, 0.1) is 11.5 Å². The maximum absolute atomic E-state index is 12.6. The SMILES string of the molecule is C=CCN(C(=O)C1=C(Cl)CCCC1)[C@H]1CCS(=O)(=O)C1. The van der Waals surface area contributed by atoms with Crippen molar-refractivity contribution in [1.29, 1.82) is 0 Å². The van der Waals surface area contributed by atoms with Crippen LogP contribution < -0.4 is 0 Å². The number of carbonyl (C=O) groups is 1. The van der Waals surface area contributed by atoms with Gasteiger partial charge in [0.25, 0.3) is 5.91 Å². The van der Waals surface area contributed by atoms with Crippen LogP contribution in [-0.4, -0.2) is 43.3 Å². The minimum Gasteiger partial charge on any atom is -0.331 e. The summed E-state index contributed by atoms with van der Waals surface area (Å²) in [5, 5.41) is 0.635. The van der Waals surface area contributed by atoms with Gasteiger partial charge in [-0.25, -0.2) is 8.42 Å². The smallest absolute Gasteiger partial charge is 0.251 e. The number of nitrogens with zero attached hydrogens (tertiary/aromatic N) is 1. The first-order valence-corrected chi connectivity index (χ1v) is 9.14. The van der Waals surface area contributed by atoms with E-state index >= 15 is 0 Å². The molecule has 1 amide bonds. The van der Waals surface area contributed by atoms with Crippen molar-refractivity contribution >= 4 is 27.3 Å². The molecule has 2 rings (SSSR count). The number of amides is 1. The highest BCUT2D eigenvalue weighted by atomic mass is 35.5. The highest BCUT2D eigenvalue weighted by molar-refractivity contribution is 7.91. The summed E-state index contributed by atoms with van der Waals surface area (Å²) in [4.78, 5) is 14.3. The zero-order chi connectivity index (χ0) is 14.8. The number of hydrogen-bond donors (Lipinski definition) is 0. The quantitative estimate of drug-likeness (QED) is 0.747. The Morgan fingerprint density at radius 1 is 1.40 bits per heavy atom. The molecule has 20 heavy (non-hydrogen) atoms. The lowest BCUT2D eigenvalue weighted by Crippen LogP contribution is -2.42. The van der Waals surface area contributed by atoms with Crippen molar-refractivity contribution in [3.8, 4) is 0 Å². The number of allylic oxidation sites excluding steroid dienone is 1. The van der Waals surface area contributed by atoms with Crippen LogP contribution in [0.3, 0.4) is 0 Å². The van der Waals surface area contributed by atoms with E-state index in [9.17, 15) is 13.2 Å². The predicted molar refractivity (Wildman–Crippen MR) is 80.3 cm³/mol. The van der Waals surface area contributed by atoms with Gasteiger partial charge < -0.3 is 4.90 Å². The van der Waals surface area contributed by atoms with Crippen LogP contribution in [0.2, 0.25) is 0 Å². The van der Waals surface area contributed by atoms with E-state index in [1.165, 1.54) is 0 Å². The van der Waals surface area contributed by atoms with E-state index in [4.69, 9.17) is 11.6 Å². The van der Waals surface area contributed by atoms with Crippen molar-refractivity contribution in [3.05, 3.63) is 23.3 Å². The molecule has 1 aliphatic heterocycles. The molecular weight excluding hydrogens is 298 g/mol. The molecule has 0 aromatic heterocycles. The zero-order valence-electron chi connectivity index (χ0n) is 11.5. The third kappa shape index (κ3) is 3.44. The topological polar surface area (TPSA) is 54.5 Å². The van der Waals surface area contributed by atoms with Gasteiger partial charge in [0.15, 0.2) is 9.84 Å². The van der Waals surface area contributed by atoms with Crippen LogP contribution >= 0.6 is 11.6 Å². The fourth-order valence-electron chi connectivity index (χ4n) is 2.82. The lowest BCUT2D eigenvalue weighted by atomic mass is 9.97. The van der Waals surface area contributed by atoms with E-state index in [2.05, 4.69) is 6.58 Å². The minimum atomic E-state index is -3.01. The first-order valence-electron chi connectivity index (χ1n) is 6.94. The molecule has 2 aliphatic rings. The highest BCUT2D eigenvalue weighted by Gasteiger charge is 2.35. The molecule has 0 N–H and O–H groups in total. The average Bonchev–Trinajstić information content (AvgIpc) is 2.76. The first-order chi connectivity index (χ1) is 9.44. The van der Waals surface area contributed by atoms with Crippen LogP contribution in [0.25, 0.3) is 0 Å². The second kappa shape index (κ2) is 6.31. The molecule has 0 spiro atoms. The zero-order valence-corrected chi connectivity index (χ0v) is 13.0. The van der Waals surface area contributed by atoms with Crippen molar-refractivity contribution in [1.82, 2.24) is 4.90 Å². The van der Waals surface area contributed by atoms with Gasteiger partial charge >= 0.3 is 0 Å². The van der Waals surface area contributed by atoms with Crippen LogP contribution in [0.4, 0.5) is 0 Å². The second-order valence-corrected chi connectivity index (χ2v) is 8.08. The van der Waals surface area contributed by atoms with E-state index in [-0.39, 0.29) is 23.5 Å². The minimum absolute atomic E-state index is 0.0531. The molecule has 0 unspecified atom stereocenters. The monoisotopic (exact) mass is 317 g/mol. The van der Waals surface area contributed by atoms with Crippen LogP contribution in [0.5, 0.6) is 0 Å². The van der Waals surface area contributed by atoms with Crippen LogP contribution in [-0.2, 0) is 14.6 Å². The molecule has 6 heteroatoms. The predicted octanol–water partition coefficient (Wildman–Crippen LogP) is 2.25. The summed E-state index contributed by atoms with van der Waals surface area (Å²) in [6, 6.07) is -0.246. The third-order valence-corrected chi connectivity index (χ3v) is 6.06. The summed E-state index contributed by atoms with van der Waals surface area (Å²) in [6.45, 7) is 4.03. The Morgan fingerprint density at radius 3 is 2.65 bits per heavy atom. The summed E-state index contributed by atoms with van der Waals surface area (Å²) in [5.41, 5.74) is 0.657. The largest absolute Gasteiger partial charge is 0.331 e. The van der Waals surface area contributed by atoms with Crippen molar-refractivity contribution in [2.45, 2.75) is 38.1 Å². The molecule has 4 nitrogen and oxygen atoms in total. The Hall–Kier alpha value is -0.810. The first kappa shape index (κ1) is 15.6. The van der Waals surface area contributed by atoms with Gasteiger partial charge in [0.2, 0.25) is 0 Å². The number of sulfone groups is 1. The Labute approximate surface area is 125 Å². The van der Waals surface area contributed by atoms with E-state index in [1.54, 1.807) is 11.0 Å².